The molecule has 4 nitrogen and oxygen atoms in total. The third-order valence-corrected chi connectivity index (χ3v) is 2.32. The maximum atomic E-state index is 11.2. The molecule has 0 saturated carbocycles. The highest BCUT2D eigenvalue weighted by atomic mass is 16.5. The Morgan fingerprint density at radius 3 is 2.85 bits per heavy atom. The summed E-state index contributed by atoms with van der Waals surface area (Å²) in [5.74, 6) is -0.374. The van der Waals surface area contributed by atoms with Crippen molar-refractivity contribution in [3.8, 4) is 0 Å². The highest BCUT2D eigenvalue weighted by molar-refractivity contribution is 5.72. The molecule has 1 saturated heterocycles. The molecule has 76 valence electrons. The van der Waals surface area contributed by atoms with Crippen molar-refractivity contribution in [1.82, 2.24) is 0 Å². The molecule has 2 atom stereocenters. The number of ether oxygens (including phenoxy) is 3. The fourth-order valence-electron chi connectivity index (χ4n) is 1.49. The SMILES string of the molecule is COC(=O)[C@@H]1COCC[C@H](OC)C1. The normalized spacial score (nSPS) is 29.4. The Bertz CT molecular complexity index is 169. The molecule has 1 fully saturated rings. The molecular formula is C9H16O4. The van der Waals surface area contributed by atoms with Gasteiger partial charge in [-0.05, 0) is 12.8 Å². The maximum Gasteiger partial charge on any atom is 0.311 e. The first-order valence-electron chi connectivity index (χ1n) is 4.46. The number of carbonyl (C=O) groups excluding carboxylic acids is 1. The smallest absolute Gasteiger partial charge is 0.311 e. The van der Waals surface area contributed by atoms with Crippen LogP contribution in [0.1, 0.15) is 12.8 Å². The average Bonchev–Trinajstić information content (AvgIpc) is 2.41. The van der Waals surface area contributed by atoms with E-state index in [0.717, 1.165) is 6.42 Å². The van der Waals surface area contributed by atoms with Gasteiger partial charge in [-0.3, -0.25) is 4.79 Å². The molecule has 0 radical (unpaired) electrons. The molecule has 1 aliphatic heterocycles. The number of hydrogen-bond acceptors (Lipinski definition) is 4. The predicted molar refractivity (Wildman–Crippen MR) is 46.4 cm³/mol. The molecule has 13 heavy (non-hydrogen) atoms. The summed E-state index contributed by atoms with van der Waals surface area (Å²) in [6.07, 6.45) is 1.67. The van der Waals surface area contributed by atoms with Crippen molar-refractivity contribution in [1.29, 1.82) is 0 Å². The summed E-state index contributed by atoms with van der Waals surface area (Å²) in [6.45, 7) is 1.11. The molecular weight excluding hydrogens is 172 g/mol. The lowest BCUT2D eigenvalue weighted by Gasteiger charge is -2.15. The maximum absolute atomic E-state index is 11.2. The van der Waals surface area contributed by atoms with E-state index in [2.05, 4.69) is 4.74 Å². The van der Waals surface area contributed by atoms with Crippen molar-refractivity contribution in [2.75, 3.05) is 27.4 Å². The van der Waals surface area contributed by atoms with Gasteiger partial charge >= 0.3 is 5.97 Å². The standard InChI is InChI=1S/C9H16O4/c1-11-8-3-4-13-6-7(5-8)9(10)12-2/h7-8H,3-6H2,1-2H3/t7-,8-/m0/s1. The van der Waals surface area contributed by atoms with Crippen LogP contribution < -0.4 is 0 Å². The van der Waals surface area contributed by atoms with E-state index >= 15 is 0 Å². The van der Waals surface area contributed by atoms with Crippen molar-refractivity contribution in [3.05, 3.63) is 0 Å². The van der Waals surface area contributed by atoms with Crippen LogP contribution in [0.3, 0.4) is 0 Å². The van der Waals surface area contributed by atoms with Gasteiger partial charge in [0.1, 0.15) is 0 Å². The largest absolute Gasteiger partial charge is 0.469 e. The number of methoxy groups -OCH3 is 2. The summed E-state index contributed by atoms with van der Waals surface area (Å²) in [4.78, 5) is 11.2. The van der Waals surface area contributed by atoms with Gasteiger partial charge in [0.25, 0.3) is 0 Å². The third-order valence-electron chi connectivity index (χ3n) is 2.32. The average molecular weight is 188 g/mol. The van der Waals surface area contributed by atoms with Crippen molar-refractivity contribution in [3.63, 3.8) is 0 Å². The van der Waals surface area contributed by atoms with E-state index in [1.807, 2.05) is 0 Å². The quantitative estimate of drug-likeness (QED) is 0.595. The molecule has 4 heteroatoms. The Hall–Kier alpha value is -0.610. The summed E-state index contributed by atoms with van der Waals surface area (Å²) in [6, 6.07) is 0. The van der Waals surface area contributed by atoms with E-state index in [4.69, 9.17) is 9.47 Å². The molecule has 0 aromatic carbocycles. The highest BCUT2D eigenvalue weighted by Crippen LogP contribution is 2.18. The van der Waals surface area contributed by atoms with Gasteiger partial charge < -0.3 is 14.2 Å². The third kappa shape index (κ3) is 2.97. The second kappa shape index (κ2) is 5.19. The van der Waals surface area contributed by atoms with Crippen molar-refractivity contribution in [2.45, 2.75) is 18.9 Å². The molecule has 0 aromatic rings. The van der Waals surface area contributed by atoms with Crippen molar-refractivity contribution >= 4 is 5.97 Å². The van der Waals surface area contributed by atoms with Crippen LogP contribution in [0.2, 0.25) is 0 Å². The molecule has 1 heterocycles. The molecule has 0 bridgehead atoms. The van der Waals surface area contributed by atoms with Crippen LogP contribution in [0, 0.1) is 5.92 Å². The van der Waals surface area contributed by atoms with Gasteiger partial charge in [0.15, 0.2) is 0 Å². The monoisotopic (exact) mass is 188 g/mol. The fraction of sp³-hybridized carbons (Fsp3) is 0.889. The number of rotatable bonds is 2. The van der Waals surface area contributed by atoms with Gasteiger partial charge in [-0.1, -0.05) is 0 Å². The summed E-state index contributed by atoms with van der Waals surface area (Å²) in [5.41, 5.74) is 0. The van der Waals surface area contributed by atoms with Gasteiger partial charge in [0.05, 0.1) is 25.7 Å². The zero-order chi connectivity index (χ0) is 9.68. The lowest BCUT2D eigenvalue weighted by atomic mass is 10.0. The summed E-state index contributed by atoms with van der Waals surface area (Å²) < 4.78 is 15.2. The molecule has 0 spiro atoms. The molecule has 0 aliphatic carbocycles. The molecule has 0 aromatic heterocycles. The molecule has 1 aliphatic rings. The summed E-state index contributed by atoms with van der Waals surface area (Å²) in [7, 11) is 3.05. The van der Waals surface area contributed by atoms with Gasteiger partial charge in [-0.2, -0.15) is 0 Å². The summed E-state index contributed by atoms with van der Waals surface area (Å²) >= 11 is 0. The van der Waals surface area contributed by atoms with E-state index < -0.39 is 0 Å². The van der Waals surface area contributed by atoms with Gasteiger partial charge in [-0.15, -0.1) is 0 Å². The van der Waals surface area contributed by atoms with E-state index in [1.165, 1.54) is 7.11 Å². The van der Waals surface area contributed by atoms with Gasteiger partial charge in [0.2, 0.25) is 0 Å². The zero-order valence-electron chi connectivity index (χ0n) is 8.12. The topological polar surface area (TPSA) is 44.8 Å². The van der Waals surface area contributed by atoms with Crippen LogP contribution in [0.5, 0.6) is 0 Å². The second-order valence-corrected chi connectivity index (χ2v) is 3.18. The lowest BCUT2D eigenvalue weighted by Crippen LogP contribution is -2.24. The Morgan fingerprint density at radius 2 is 2.23 bits per heavy atom. The minimum Gasteiger partial charge on any atom is -0.469 e. The fourth-order valence-corrected chi connectivity index (χ4v) is 1.49. The molecule has 1 rings (SSSR count). The molecule has 0 unspecified atom stereocenters. The van der Waals surface area contributed by atoms with Crippen LogP contribution in [-0.2, 0) is 19.0 Å². The van der Waals surface area contributed by atoms with E-state index in [-0.39, 0.29) is 18.0 Å². The summed E-state index contributed by atoms with van der Waals surface area (Å²) in [5, 5.41) is 0. The first-order chi connectivity index (χ1) is 6.27. The first kappa shape index (κ1) is 10.5. The van der Waals surface area contributed by atoms with E-state index in [0.29, 0.717) is 19.6 Å². The van der Waals surface area contributed by atoms with E-state index in [1.54, 1.807) is 7.11 Å². The van der Waals surface area contributed by atoms with E-state index in [9.17, 15) is 4.79 Å². The first-order valence-corrected chi connectivity index (χ1v) is 4.46. The minimum atomic E-state index is -0.205. The van der Waals surface area contributed by atoms with Gasteiger partial charge in [0, 0.05) is 13.7 Å². The zero-order valence-corrected chi connectivity index (χ0v) is 8.12. The number of hydrogen-bond donors (Lipinski definition) is 0. The van der Waals surface area contributed by atoms with Crippen molar-refractivity contribution in [2.24, 2.45) is 5.92 Å². The van der Waals surface area contributed by atoms with Crippen LogP contribution in [-0.4, -0.2) is 39.5 Å². The highest BCUT2D eigenvalue weighted by Gasteiger charge is 2.26. The Kier molecular flexibility index (Phi) is 4.18. The van der Waals surface area contributed by atoms with Gasteiger partial charge in [-0.25, -0.2) is 0 Å². The minimum absolute atomic E-state index is 0.117. The Morgan fingerprint density at radius 1 is 1.46 bits per heavy atom. The predicted octanol–water partition coefficient (Wildman–Crippen LogP) is 0.601. The Labute approximate surface area is 78.2 Å². The van der Waals surface area contributed by atoms with Crippen LogP contribution in [0.15, 0.2) is 0 Å². The second-order valence-electron chi connectivity index (χ2n) is 3.18. The van der Waals surface area contributed by atoms with Crippen molar-refractivity contribution < 1.29 is 19.0 Å². The Balaban J connectivity index is 2.48. The number of carbonyl (C=O) groups is 1. The van der Waals surface area contributed by atoms with Crippen LogP contribution in [0.25, 0.3) is 0 Å². The van der Waals surface area contributed by atoms with Crippen LogP contribution in [0.4, 0.5) is 0 Å². The molecule has 0 amide bonds. The number of esters is 1. The van der Waals surface area contributed by atoms with Crippen LogP contribution >= 0.6 is 0 Å². The lowest BCUT2D eigenvalue weighted by molar-refractivity contribution is -0.148. The molecule has 0 N–H and O–H groups in total.